The van der Waals surface area contributed by atoms with E-state index >= 15 is 0 Å². The lowest BCUT2D eigenvalue weighted by molar-refractivity contribution is -0.119. The number of hydrogen-bond donors (Lipinski definition) is 0. The molecule has 114 valence electrons. The molecular weight excluding hydrogens is 280 g/mol. The Morgan fingerprint density at radius 2 is 2.18 bits per heavy atom. The lowest BCUT2D eigenvalue weighted by Gasteiger charge is -2.29. The molecule has 0 N–H and O–H groups in total. The number of ether oxygens (including phenoxy) is 1. The average Bonchev–Trinajstić information content (AvgIpc) is 2.54. The van der Waals surface area contributed by atoms with E-state index in [-0.39, 0.29) is 5.91 Å². The third kappa shape index (κ3) is 2.69. The molecule has 0 spiro atoms. The molecule has 0 fully saturated rings. The molecule has 22 heavy (non-hydrogen) atoms. The fourth-order valence-corrected chi connectivity index (χ4v) is 2.62. The van der Waals surface area contributed by atoms with Crippen molar-refractivity contribution in [2.75, 3.05) is 25.2 Å². The van der Waals surface area contributed by atoms with Gasteiger partial charge in [0.2, 0.25) is 5.91 Å². The normalized spacial score (nSPS) is 14.1. The Kier molecular flexibility index (Phi) is 4.11. The van der Waals surface area contributed by atoms with Crippen LogP contribution in [0.4, 0.5) is 5.82 Å². The molecule has 1 amide bonds. The lowest BCUT2D eigenvalue weighted by atomic mass is 10.0. The zero-order valence-corrected chi connectivity index (χ0v) is 12.7. The first-order chi connectivity index (χ1) is 10.7. The molecule has 1 aliphatic heterocycles. The highest BCUT2D eigenvalue weighted by molar-refractivity contribution is 5.95. The highest BCUT2D eigenvalue weighted by atomic mass is 16.5. The summed E-state index contributed by atoms with van der Waals surface area (Å²) in [6.07, 6.45) is 4.62. The van der Waals surface area contributed by atoms with Crippen LogP contribution in [0.1, 0.15) is 17.7 Å². The fraction of sp³-hybridized carbons (Fsp3) is 0.375. The predicted molar refractivity (Wildman–Crippen MR) is 82.6 cm³/mol. The summed E-state index contributed by atoms with van der Waals surface area (Å²) in [5.74, 6) is 1.39. The molecule has 0 aromatic carbocycles. The van der Waals surface area contributed by atoms with Gasteiger partial charge in [-0.25, -0.2) is 9.97 Å². The Morgan fingerprint density at radius 3 is 2.91 bits per heavy atom. The molecular formula is C16H18N4O2. The molecule has 3 heterocycles. The van der Waals surface area contributed by atoms with Gasteiger partial charge < -0.3 is 4.74 Å². The summed E-state index contributed by atoms with van der Waals surface area (Å²) in [6, 6.07) is 3.76. The van der Waals surface area contributed by atoms with E-state index in [1.165, 1.54) is 0 Å². The number of carbonyl (C=O) groups is 1. The van der Waals surface area contributed by atoms with Crippen molar-refractivity contribution in [2.24, 2.45) is 0 Å². The summed E-state index contributed by atoms with van der Waals surface area (Å²) >= 11 is 0. The number of pyridine rings is 1. The number of nitrogens with zero attached hydrogens (tertiary/aromatic N) is 4. The van der Waals surface area contributed by atoms with Crippen molar-refractivity contribution in [3.63, 3.8) is 0 Å². The molecule has 6 heteroatoms. The minimum atomic E-state index is 0.0831. The summed E-state index contributed by atoms with van der Waals surface area (Å²) in [7, 11) is 1.63. The second-order valence-electron chi connectivity index (χ2n) is 5.21. The Balaban J connectivity index is 2.06. The van der Waals surface area contributed by atoms with E-state index in [0.29, 0.717) is 37.6 Å². The number of aromatic nitrogens is 3. The van der Waals surface area contributed by atoms with Gasteiger partial charge in [-0.05, 0) is 25.5 Å². The summed E-state index contributed by atoms with van der Waals surface area (Å²) in [4.78, 5) is 27.2. The Bertz CT molecular complexity index is 688. The van der Waals surface area contributed by atoms with Gasteiger partial charge in [0, 0.05) is 42.7 Å². The van der Waals surface area contributed by atoms with Crippen LogP contribution in [-0.4, -0.2) is 41.1 Å². The highest BCUT2D eigenvalue weighted by Gasteiger charge is 2.27. The molecule has 0 saturated heterocycles. The van der Waals surface area contributed by atoms with Crippen molar-refractivity contribution >= 4 is 11.7 Å². The SMILES string of the molecule is COCCN1C(=O)CCc2c(C)nc(-c3cccnc3)nc21. The monoisotopic (exact) mass is 298 g/mol. The van der Waals surface area contributed by atoms with Crippen LogP contribution < -0.4 is 4.90 Å². The maximum atomic E-state index is 12.2. The van der Waals surface area contributed by atoms with Crippen LogP contribution in [0.2, 0.25) is 0 Å². The molecule has 0 radical (unpaired) electrons. The molecule has 0 unspecified atom stereocenters. The quantitative estimate of drug-likeness (QED) is 0.860. The average molecular weight is 298 g/mol. The van der Waals surface area contributed by atoms with Crippen LogP contribution in [0.15, 0.2) is 24.5 Å². The number of anilines is 1. The van der Waals surface area contributed by atoms with Gasteiger partial charge in [0.25, 0.3) is 0 Å². The number of carbonyl (C=O) groups excluding carboxylic acids is 1. The molecule has 0 saturated carbocycles. The smallest absolute Gasteiger partial charge is 0.228 e. The van der Waals surface area contributed by atoms with Crippen molar-refractivity contribution in [1.29, 1.82) is 0 Å². The van der Waals surface area contributed by atoms with E-state index in [2.05, 4.69) is 15.0 Å². The van der Waals surface area contributed by atoms with E-state index in [0.717, 1.165) is 16.8 Å². The van der Waals surface area contributed by atoms with Crippen molar-refractivity contribution in [2.45, 2.75) is 19.8 Å². The van der Waals surface area contributed by atoms with Crippen molar-refractivity contribution in [3.05, 3.63) is 35.8 Å². The second-order valence-corrected chi connectivity index (χ2v) is 5.21. The van der Waals surface area contributed by atoms with Gasteiger partial charge in [0.1, 0.15) is 5.82 Å². The minimum Gasteiger partial charge on any atom is -0.383 e. The fourth-order valence-electron chi connectivity index (χ4n) is 2.62. The number of aryl methyl sites for hydroxylation is 1. The van der Waals surface area contributed by atoms with Crippen LogP contribution in [0.3, 0.4) is 0 Å². The van der Waals surface area contributed by atoms with Gasteiger partial charge in [-0.2, -0.15) is 0 Å². The van der Waals surface area contributed by atoms with E-state index < -0.39 is 0 Å². The number of methoxy groups -OCH3 is 1. The maximum Gasteiger partial charge on any atom is 0.228 e. The highest BCUT2D eigenvalue weighted by Crippen LogP contribution is 2.29. The van der Waals surface area contributed by atoms with Crippen LogP contribution in [-0.2, 0) is 16.0 Å². The topological polar surface area (TPSA) is 68.2 Å². The molecule has 2 aromatic heterocycles. The second kappa shape index (κ2) is 6.19. The van der Waals surface area contributed by atoms with Gasteiger partial charge in [0.05, 0.1) is 13.2 Å². The van der Waals surface area contributed by atoms with E-state index in [1.54, 1.807) is 24.4 Å². The van der Waals surface area contributed by atoms with Gasteiger partial charge in [-0.1, -0.05) is 0 Å². The zero-order chi connectivity index (χ0) is 15.5. The molecule has 0 atom stereocenters. The predicted octanol–water partition coefficient (Wildman–Crippen LogP) is 1.77. The van der Waals surface area contributed by atoms with Crippen molar-refractivity contribution in [1.82, 2.24) is 15.0 Å². The van der Waals surface area contributed by atoms with Gasteiger partial charge in [0.15, 0.2) is 5.82 Å². The molecule has 6 nitrogen and oxygen atoms in total. The number of fused-ring (bicyclic) bond motifs is 1. The number of rotatable bonds is 4. The Hall–Kier alpha value is -2.34. The van der Waals surface area contributed by atoms with Crippen LogP contribution >= 0.6 is 0 Å². The minimum absolute atomic E-state index is 0.0831. The summed E-state index contributed by atoms with van der Waals surface area (Å²) < 4.78 is 5.11. The van der Waals surface area contributed by atoms with Crippen molar-refractivity contribution in [3.8, 4) is 11.4 Å². The molecule has 0 bridgehead atoms. The van der Waals surface area contributed by atoms with Crippen LogP contribution in [0.5, 0.6) is 0 Å². The zero-order valence-electron chi connectivity index (χ0n) is 12.7. The largest absolute Gasteiger partial charge is 0.383 e. The summed E-state index contributed by atoms with van der Waals surface area (Å²) in [5.41, 5.74) is 2.81. The third-order valence-corrected chi connectivity index (χ3v) is 3.78. The van der Waals surface area contributed by atoms with E-state index in [1.807, 2.05) is 19.1 Å². The summed E-state index contributed by atoms with van der Waals surface area (Å²) in [6.45, 7) is 2.95. The Morgan fingerprint density at radius 1 is 1.32 bits per heavy atom. The van der Waals surface area contributed by atoms with Crippen molar-refractivity contribution < 1.29 is 9.53 Å². The third-order valence-electron chi connectivity index (χ3n) is 3.78. The van der Waals surface area contributed by atoms with E-state index in [4.69, 9.17) is 4.74 Å². The van der Waals surface area contributed by atoms with Gasteiger partial charge in [-0.3, -0.25) is 14.7 Å². The molecule has 3 rings (SSSR count). The standard InChI is InChI=1S/C16H18N4O2/c1-11-13-5-6-14(21)20(8-9-22-2)16(13)19-15(18-11)12-4-3-7-17-10-12/h3-4,7,10H,5-6,8-9H2,1-2H3. The molecule has 2 aromatic rings. The number of hydrogen-bond acceptors (Lipinski definition) is 5. The molecule has 1 aliphatic rings. The maximum absolute atomic E-state index is 12.2. The first-order valence-electron chi connectivity index (χ1n) is 7.28. The summed E-state index contributed by atoms with van der Waals surface area (Å²) in [5, 5.41) is 0. The number of amides is 1. The van der Waals surface area contributed by atoms with Gasteiger partial charge >= 0.3 is 0 Å². The first kappa shape index (κ1) is 14.6. The van der Waals surface area contributed by atoms with E-state index in [9.17, 15) is 4.79 Å². The van der Waals surface area contributed by atoms with Crippen LogP contribution in [0.25, 0.3) is 11.4 Å². The lowest BCUT2D eigenvalue weighted by Crippen LogP contribution is -2.38. The Labute approximate surface area is 129 Å². The first-order valence-corrected chi connectivity index (χ1v) is 7.28. The molecule has 0 aliphatic carbocycles. The van der Waals surface area contributed by atoms with Crippen LogP contribution in [0, 0.1) is 6.92 Å². The van der Waals surface area contributed by atoms with Gasteiger partial charge in [-0.15, -0.1) is 0 Å².